The molecule has 15 heavy (non-hydrogen) atoms. The molecule has 1 N–H and O–H groups in total. The Labute approximate surface area is 96.2 Å². The second-order valence-electron chi connectivity index (χ2n) is 3.42. The van der Waals surface area contributed by atoms with Crippen molar-refractivity contribution < 1.29 is 14.7 Å². The summed E-state index contributed by atoms with van der Waals surface area (Å²) in [6.07, 6.45) is -0.0414. The number of carboxylic acid groups (broad SMARTS) is 1. The van der Waals surface area contributed by atoms with E-state index in [9.17, 15) is 9.59 Å². The fraction of sp³-hybridized carbons (Fsp3) is 0.273. The average Bonchev–Trinajstić information content (AvgIpc) is 2.10. The Morgan fingerprint density at radius 3 is 2.13 bits per heavy atom. The number of halogens is 1. The molecule has 1 aromatic carbocycles. The number of hydrogen-bond donors (Lipinski definition) is 1. The van der Waals surface area contributed by atoms with Crippen molar-refractivity contribution in [2.75, 3.05) is 0 Å². The van der Waals surface area contributed by atoms with Gasteiger partial charge in [-0.15, -0.1) is 0 Å². The highest BCUT2D eigenvalue weighted by molar-refractivity contribution is 9.10. The first-order valence-corrected chi connectivity index (χ1v) is 5.23. The Morgan fingerprint density at radius 1 is 1.27 bits per heavy atom. The van der Waals surface area contributed by atoms with Crippen molar-refractivity contribution in [3.05, 3.63) is 33.3 Å². The van der Waals surface area contributed by atoms with Gasteiger partial charge >= 0.3 is 5.97 Å². The van der Waals surface area contributed by atoms with Crippen LogP contribution in [0.2, 0.25) is 0 Å². The molecule has 0 radical (unpaired) electrons. The van der Waals surface area contributed by atoms with Crippen molar-refractivity contribution in [1.82, 2.24) is 0 Å². The number of carboxylic acids is 1. The van der Waals surface area contributed by atoms with Crippen LogP contribution in [0.25, 0.3) is 0 Å². The summed E-state index contributed by atoms with van der Waals surface area (Å²) in [6.45, 7) is 3.73. The van der Waals surface area contributed by atoms with Crippen LogP contribution in [0.5, 0.6) is 0 Å². The van der Waals surface area contributed by atoms with Gasteiger partial charge in [0.05, 0.1) is 0 Å². The number of aliphatic carboxylic acids is 1. The Hall–Kier alpha value is -1.16. The van der Waals surface area contributed by atoms with E-state index in [0.717, 1.165) is 21.2 Å². The quantitative estimate of drug-likeness (QED) is 0.858. The number of carbonyl (C=O) groups excluding carboxylic acids is 1. The van der Waals surface area contributed by atoms with E-state index in [1.54, 1.807) is 0 Å². The molecule has 0 aliphatic carbocycles. The SMILES string of the molecule is Cc1cc(Br)cc(C)c1CC(=O)C(=O)O. The lowest BCUT2D eigenvalue weighted by molar-refractivity contribution is -0.148. The van der Waals surface area contributed by atoms with E-state index in [2.05, 4.69) is 15.9 Å². The lowest BCUT2D eigenvalue weighted by Crippen LogP contribution is -2.16. The first-order valence-electron chi connectivity index (χ1n) is 4.43. The standard InChI is InChI=1S/C11H11BrO3/c1-6-3-8(12)4-7(2)9(6)5-10(13)11(14)15/h3-4H,5H2,1-2H3,(H,14,15). The Kier molecular flexibility index (Phi) is 3.63. The first kappa shape index (κ1) is 11.9. The lowest BCUT2D eigenvalue weighted by atomic mass is 9.98. The van der Waals surface area contributed by atoms with Crippen LogP contribution < -0.4 is 0 Å². The minimum Gasteiger partial charge on any atom is -0.475 e. The smallest absolute Gasteiger partial charge is 0.372 e. The lowest BCUT2D eigenvalue weighted by Gasteiger charge is -2.08. The molecule has 0 atom stereocenters. The van der Waals surface area contributed by atoms with Crippen molar-refractivity contribution in [3.63, 3.8) is 0 Å². The highest BCUT2D eigenvalue weighted by Crippen LogP contribution is 2.21. The normalized spacial score (nSPS) is 10.1. The molecular formula is C11H11BrO3. The van der Waals surface area contributed by atoms with Crippen LogP contribution in [0.15, 0.2) is 16.6 Å². The second kappa shape index (κ2) is 4.57. The van der Waals surface area contributed by atoms with Gasteiger partial charge in [0.15, 0.2) is 0 Å². The number of ketones is 1. The van der Waals surface area contributed by atoms with Gasteiger partial charge in [0, 0.05) is 10.9 Å². The maximum absolute atomic E-state index is 11.1. The summed E-state index contributed by atoms with van der Waals surface area (Å²) in [7, 11) is 0. The minimum absolute atomic E-state index is 0.0414. The number of hydrogen-bond acceptors (Lipinski definition) is 2. The molecule has 0 unspecified atom stereocenters. The first-order chi connectivity index (χ1) is 6.91. The zero-order valence-corrected chi connectivity index (χ0v) is 10.1. The number of Topliss-reactive ketones (excluding diaryl/α,β-unsaturated/α-hetero) is 1. The van der Waals surface area contributed by atoms with E-state index >= 15 is 0 Å². The molecule has 0 saturated carbocycles. The zero-order chi connectivity index (χ0) is 11.6. The molecule has 0 heterocycles. The van der Waals surface area contributed by atoms with Crippen LogP contribution in [0, 0.1) is 13.8 Å². The summed E-state index contributed by atoms with van der Waals surface area (Å²) in [6, 6.07) is 3.74. The molecule has 3 nitrogen and oxygen atoms in total. The number of benzene rings is 1. The fourth-order valence-electron chi connectivity index (χ4n) is 1.46. The number of rotatable bonds is 3. The van der Waals surface area contributed by atoms with Gasteiger partial charge in [0.1, 0.15) is 0 Å². The predicted molar refractivity (Wildman–Crippen MR) is 60.0 cm³/mol. The van der Waals surface area contributed by atoms with Crippen LogP contribution in [0.1, 0.15) is 16.7 Å². The molecule has 0 aliphatic heterocycles. The Bertz CT molecular complexity index is 401. The highest BCUT2D eigenvalue weighted by Gasteiger charge is 2.15. The number of aryl methyl sites for hydroxylation is 2. The van der Waals surface area contributed by atoms with Crippen LogP contribution >= 0.6 is 15.9 Å². The van der Waals surface area contributed by atoms with Crippen molar-refractivity contribution >= 4 is 27.7 Å². The minimum atomic E-state index is -1.38. The molecule has 80 valence electrons. The van der Waals surface area contributed by atoms with E-state index in [-0.39, 0.29) is 6.42 Å². The molecule has 1 rings (SSSR count). The van der Waals surface area contributed by atoms with E-state index in [4.69, 9.17) is 5.11 Å². The van der Waals surface area contributed by atoms with Crippen molar-refractivity contribution in [2.24, 2.45) is 0 Å². The largest absolute Gasteiger partial charge is 0.475 e. The molecule has 4 heteroatoms. The van der Waals surface area contributed by atoms with Gasteiger partial charge < -0.3 is 5.11 Å². The van der Waals surface area contributed by atoms with Crippen molar-refractivity contribution in [1.29, 1.82) is 0 Å². The van der Waals surface area contributed by atoms with Crippen LogP contribution in [0.3, 0.4) is 0 Å². The molecule has 0 fully saturated rings. The molecule has 0 bridgehead atoms. The van der Waals surface area contributed by atoms with E-state index < -0.39 is 11.8 Å². The fourth-order valence-corrected chi connectivity index (χ4v) is 2.14. The van der Waals surface area contributed by atoms with Gasteiger partial charge in [-0.3, -0.25) is 4.79 Å². The van der Waals surface area contributed by atoms with Crippen LogP contribution in [0.4, 0.5) is 0 Å². The Balaban J connectivity index is 3.05. The molecule has 0 spiro atoms. The average molecular weight is 271 g/mol. The van der Waals surface area contributed by atoms with Crippen LogP contribution in [-0.4, -0.2) is 16.9 Å². The summed E-state index contributed by atoms with van der Waals surface area (Å²) in [5.74, 6) is -2.15. The molecule has 0 amide bonds. The zero-order valence-electron chi connectivity index (χ0n) is 8.50. The highest BCUT2D eigenvalue weighted by atomic mass is 79.9. The van der Waals surface area contributed by atoms with Gasteiger partial charge in [-0.25, -0.2) is 4.79 Å². The summed E-state index contributed by atoms with van der Waals surface area (Å²) in [5, 5.41) is 8.52. The third-order valence-electron chi connectivity index (χ3n) is 2.24. The molecule has 0 saturated heterocycles. The third-order valence-corrected chi connectivity index (χ3v) is 2.69. The van der Waals surface area contributed by atoms with Crippen molar-refractivity contribution in [2.45, 2.75) is 20.3 Å². The van der Waals surface area contributed by atoms with E-state index in [1.807, 2.05) is 26.0 Å². The van der Waals surface area contributed by atoms with Crippen LogP contribution in [-0.2, 0) is 16.0 Å². The van der Waals surface area contributed by atoms with Crippen molar-refractivity contribution in [3.8, 4) is 0 Å². The summed E-state index contributed by atoms with van der Waals surface area (Å²) < 4.78 is 0.934. The van der Waals surface area contributed by atoms with E-state index in [0.29, 0.717) is 0 Å². The predicted octanol–water partition coefficient (Wildman–Crippen LogP) is 2.26. The third kappa shape index (κ3) is 2.89. The van der Waals surface area contributed by atoms with Gasteiger partial charge in [0.25, 0.3) is 0 Å². The second-order valence-corrected chi connectivity index (χ2v) is 4.34. The van der Waals surface area contributed by atoms with Gasteiger partial charge in [-0.1, -0.05) is 15.9 Å². The molecule has 0 aliphatic rings. The van der Waals surface area contributed by atoms with Gasteiger partial charge in [-0.2, -0.15) is 0 Å². The van der Waals surface area contributed by atoms with Gasteiger partial charge in [-0.05, 0) is 42.7 Å². The summed E-state index contributed by atoms with van der Waals surface area (Å²) >= 11 is 3.34. The van der Waals surface area contributed by atoms with E-state index in [1.165, 1.54) is 0 Å². The maximum Gasteiger partial charge on any atom is 0.372 e. The molecular weight excluding hydrogens is 260 g/mol. The molecule has 0 aromatic heterocycles. The monoisotopic (exact) mass is 270 g/mol. The maximum atomic E-state index is 11.1. The summed E-state index contributed by atoms with van der Waals surface area (Å²) in [5.41, 5.74) is 2.65. The Morgan fingerprint density at radius 2 is 1.73 bits per heavy atom. The topological polar surface area (TPSA) is 54.4 Å². The summed E-state index contributed by atoms with van der Waals surface area (Å²) in [4.78, 5) is 21.5. The van der Waals surface area contributed by atoms with Gasteiger partial charge in [0.2, 0.25) is 5.78 Å². The number of carbonyl (C=O) groups is 2. The molecule has 1 aromatic rings.